The SMILES string of the molecule is CC[C@H](C(=O)NC1CCCCC1)N(Cc1ccc(F)cc1)C(=O)CN(c1ccc(C)c(Cl)c1)S(=O)(=O)c1ccc(C)cc1. The van der Waals surface area contributed by atoms with E-state index in [1.165, 1.54) is 35.2 Å². The van der Waals surface area contributed by atoms with Crippen molar-refractivity contribution in [2.24, 2.45) is 0 Å². The summed E-state index contributed by atoms with van der Waals surface area (Å²) in [5, 5.41) is 3.48. The van der Waals surface area contributed by atoms with Crippen molar-refractivity contribution in [1.29, 1.82) is 0 Å². The maximum Gasteiger partial charge on any atom is 0.264 e. The second-order valence-corrected chi connectivity index (χ2v) is 13.4. The number of sulfonamides is 1. The first-order valence-corrected chi connectivity index (χ1v) is 16.5. The van der Waals surface area contributed by atoms with Crippen molar-refractivity contribution in [3.63, 3.8) is 0 Å². The molecule has 1 aliphatic carbocycles. The Morgan fingerprint density at radius 1 is 0.977 bits per heavy atom. The molecule has 1 saturated carbocycles. The van der Waals surface area contributed by atoms with Crippen LogP contribution in [0, 0.1) is 19.7 Å². The highest BCUT2D eigenvalue weighted by molar-refractivity contribution is 7.92. The summed E-state index contributed by atoms with van der Waals surface area (Å²) in [6, 6.07) is 16.1. The van der Waals surface area contributed by atoms with Gasteiger partial charge in [0.2, 0.25) is 11.8 Å². The van der Waals surface area contributed by atoms with E-state index in [4.69, 9.17) is 11.6 Å². The normalized spacial score (nSPS) is 14.6. The van der Waals surface area contributed by atoms with E-state index in [1.807, 2.05) is 13.8 Å². The van der Waals surface area contributed by atoms with Gasteiger partial charge in [-0.25, -0.2) is 12.8 Å². The molecule has 1 fully saturated rings. The van der Waals surface area contributed by atoms with Gasteiger partial charge in [0, 0.05) is 17.6 Å². The molecule has 43 heavy (non-hydrogen) atoms. The van der Waals surface area contributed by atoms with E-state index >= 15 is 0 Å². The average molecular weight is 628 g/mol. The number of anilines is 1. The summed E-state index contributed by atoms with van der Waals surface area (Å²) in [5.41, 5.74) is 2.49. The molecule has 4 rings (SSSR count). The van der Waals surface area contributed by atoms with Gasteiger partial charge in [0.25, 0.3) is 10.0 Å². The Kier molecular flexibility index (Phi) is 10.8. The molecule has 0 bridgehead atoms. The number of halogens is 2. The molecule has 2 amide bonds. The number of rotatable bonds is 11. The van der Waals surface area contributed by atoms with Crippen LogP contribution in [-0.2, 0) is 26.2 Å². The molecule has 0 aromatic heterocycles. The van der Waals surface area contributed by atoms with E-state index in [1.54, 1.807) is 43.3 Å². The van der Waals surface area contributed by atoms with Crippen molar-refractivity contribution in [1.82, 2.24) is 10.2 Å². The topological polar surface area (TPSA) is 86.8 Å². The molecule has 3 aromatic rings. The molecule has 0 aliphatic heterocycles. The molecule has 0 saturated heterocycles. The van der Waals surface area contributed by atoms with Gasteiger partial charge in [-0.3, -0.25) is 13.9 Å². The van der Waals surface area contributed by atoms with Crippen molar-refractivity contribution >= 4 is 39.1 Å². The highest BCUT2D eigenvalue weighted by atomic mass is 35.5. The van der Waals surface area contributed by atoms with Crippen molar-refractivity contribution in [3.05, 3.63) is 94.3 Å². The van der Waals surface area contributed by atoms with Gasteiger partial charge in [-0.2, -0.15) is 0 Å². The predicted molar refractivity (Wildman–Crippen MR) is 168 cm³/mol. The summed E-state index contributed by atoms with van der Waals surface area (Å²) in [6.45, 7) is 4.91. The first kappa shape index (κ1) is 32.5. The third-order valence-electron chi connectivity index (χ3n) is 7.93. The first-order chi connectivity index (χ1) is 20.5. The van der Waals surface area contributed by atoms with E-state index in [9.17, 15) is 22.4 Å². The molecule has 10 heteroatoms. The number of nitrogens with one attached hydrogen (secondary N) is 1. The Morgan fingerprint density at radius 3 is 2.23 bits per heavy atom. The molecule has 230 valence electrons. The van der Waals surface area contributed by atoms with Gasteiger partial charge in [-0.05, 0) is 80.6 Å². The standard InChI is InChI=1S/C33H39ClFN3O4S/c1-4-31(33(40)36-27-8-6-5-7-9-27)37(21-25-13-15-26(35)16-14-25)32(39)22-38(28-17-12-24(3)30(34)20-28)43(41,42)29-18-10-23(2)11-19-29/h10-20,27,31H,4-9,21-22H2,1-3H3,(H,36,40)/t31-/m1/s1. The molecule has 1 atom stereocenters. The molecule has 7 nitrogen and oxygen atoms in total. The van der Waals surface area contributed by atoms with Gasteiger partial charge < -0.3 is 10.2 Å². The average Bonchev–Trinajstić information content (AvgIpc) is 2.99. The van der Waals surface area contributed by atoms with Crippen LogP contribution in [0.1, 0.15) is 62.1 Å². The fourth-order valence-electron chi connectivity index (χ4n) is 5.35. The van der Waals surface area contributed by atoms with Gasteiger partial charge in [0.15, 0.2) is 0 Å². The second-order valence-electron chi connectivity index (χ2n) is 11.2. The number of nitrogens with zero attached hydrogens (tertiary/aromatic N) is 2. The fourth-order valence-corrected chi connectivity index (χ4v) is 6.93. The number of carbonyl (C=O) groups is 2. The number of benzene rings is 3. The van der Waals surface area contributed by atoms with Gasteiger partial charge in [0.05, 0.1) is 10.6 Å². The van der Waals surface area contributed by atoms with Gasteiger partial charge in [-0.15, -0.1) is 0 Å². The molecular weight excluding hydrogens is 589 g/mol. The Bertz CT molecular complexity index is 1520. The maximum absolute atomic E-state index is 14.2. The third-order valence-corrected chi connectivity index (χ3v) is 10.1. The highest BCUT2D eigenvalue weighted by Crippen LogP contribution is 2.29. The highest BCUT2D eigenvalue weighted by Gasteiger charge is 2.34. The van der Waals surface area contributed by atoms with Crippen LogP contribution in [0.5, 0.6) is 0 Å². The zero-order valence-corrected chi connectivity index (χ0v) is 26.4. The van der Waals surface area contributed by atoms with E-state index in [2.05, 4.69) is 5.32 Å². The minimum absolute atomic E-state index is 0.00276. The van der Waals surface area contributed by atoms with Gasteiger partial charge >= 0.3 is 0 Å². The van der Waals surface area contributed by atoms with Crippen LogP contribution in [-0.4, -0.2) is 43.8 Å². The molecule has 1 N–H and O–H groups in total. The van der Waals surface area contributed by atoms with Crippen molar-refractivity contribution < 1.29 is 22.4 Å². The van der Waals surface area contributed by atoms with Crippen molar-refractivity contribution in [3.8, 4) is 0 Å². The largest absolute Gasteiger partial charge is 0.352 e. The van der Waals surface area contributed by atoms with Crippen LogP contribution >= 0.6 is 11.6 Å². The lowest BCUT2D eigenvalue weighted by atomic mass is 9.95. The Labute approximate surface area is 259 Å². The van der Waals surface area contributed by atoms with Crippen LogP contribution in [0.2, 0.25) is 5.02 Å². The summed E-state index contributed by atoms with van der Waals surface area (Å²) in [7, 11) is -4.21. The van der Waals surface area contributed by atoms with Crippen molar-refractivity contribution in [2.45, 2.75) is 82.8 Å². The molecule has 1 aliphatic rings. The first-order valence-electron chi connectivity index (χ1n) is 14.7. The van der Waals surface area contributed by atoms with E-state index < -0.39 is 34.3 Å². The summed E-state index contributed by atoms with van der Waals surface area (Å²) in [5.74, 6) is -1.27. The predicted octanol–water partition coefficient (Wildman–Crippen LogP) is 6.55. The number of hydrogen-bond acceptors (Lipinski definition) is 4. The van der Waals surface area contributed by atoms with Crippen LogP contribution in [0.15, 0.2) is 71.6 Å². The number of amides is 2. The smallest absolute Gasteiger partial charge is 0.264 e. The zero-order valence-electron chi connectivity index (χ0n) is 24.9. The van der Waals surface area contributed by atoms with Crippen molar-refractivity contribution in [2.75, 3.05) is 10.8 Å². The number of hydrogen-bond donors (Lipinski definition) is 1. The molecule has 3 aromatic carbocycles. The van der Waals surface area contributed by atoms with E-state index in [0.717, 1.165) is 47.5 Å². The van der Waals surface area contributed by atoms with Crippen LogP contribution in [0.4, 0.5) is 10.1 Å². The lowest BCUT2D eigenvalue weighted by Crippen LogP contribution is -2.54. The lowest BCUT2D eigenvalue weighted by molar-refractivity contribution is -0.140. The quantitative estimate of drug-likeness (QED) is 0.261. The summed E-state index contributed by atoms with van der Waals surface area (Å²) in [4.78, 5) is 29.2. The van der Waals surface area contributed by atoms with Gasteiger partial charge in [0.1, 0.15) is 18.4 Å². The summed E-state index contributed by atoms with van der Waals surface area (Å²) < 4.78 is 42.8. The number of aryl methyl sites for hydroxylation is 2. The molecule has 0 unspecified atom stereocenters. The Hall–Kier alpha value is -3.43. The fraction of sp³-hybridized carbons (Fsp3) is 0.394. The van der Waals surface area contributed by atoms with E-state index in [0.29, 0.717) is 17.0 Å². The maximum atomic E-state index is 14.2. The third kappa shape index (κ3) is 8.15. The lowest BCUT2D eigenvalue weighted by Gasteiger charge is -2.34. The van der Waals surface area contributed by atoms with Crippen LogP contribution in [0.25, 0.3) is 0 Å². The molecule has 0 spiro atoms. The molecule has 0 radical (unpaired) electrons. The molecule has 0 heterocycles. The zero-order chi connectivity index (χ0) is 31.1. The second kappa shape index (κ2) is 14.4. The molecular formula is C33H39ClFN3O4S. The Morgan fingerprint density at radius 2 is 1.63 bits per heavy atom. The summed E-state index contributed by atoms with van der Waals surface area (Å²) >= 11 is 6.40. The monoisotopic (exact) mass is 627 g/mol. The number of carbonyl (C=O) groups excluding carboxylic acids is 2. The Balaban J connectivity index is 1.72. The summed E-state index contributed by atoms with van der Waals surface area (Å²) in [6.07, 6.45) is 5.27. The van der Waals surface area contributed by atoms with Crippen LogP contribution < -0.4 is 9.62 Å². The van der Waals surface area contributed by atoms with Crippen LogP contribution in [0.3, 0.4) is 0 Å². The van der Waals surface area contributed by atoms with E-state index in [-0.39, 0.29) is 29.1 Å². The minimum Gasteiger partial charge on any atom is -0.352 e. The minimum atomic E-state index is -4.21. The van der Waals surface area contributed by atoms with Gasteiger partial charge in [-0.1, -0.05) is 73.7 Å².